The second-order valence-electron chi connectivity index (χ2n) is 14.7. The molecule has 13 heteroatoms. The van der Waals surface area contributed by atoms with Crippen LogP contribution in [0.3, 0.4) is 0 Å². The van der Waals surface area contributed by atoms with Crippen LogP contribution in [0.2, 0.25) is 23.3 Å². The highest BCUT2D eigenvalue weighted by atomic mass is 79.9. The first kappa shape index (κ1) is 36.0. The summed E-state index contributed by atoms with van der Waals surface area (Å²) in [5, 5.41) is 16.6. The minimum atomic E-state index is -2.81. The van der Waals surface area contributed by atoms with E-state index in [2.05, 4.69) is 46.8 Å². The molecule has 0 saturated carbocycles. The zero-order valence-electron chi connectivity index (χ0n) is 28.9. The second kappa shape index (κ2) is 13.2. The largest absolute Gasteiger partial charge is 0.508 e. The fraction of sp³-hybridized carbons (Fsp3) is 0.647. The van der Waals surface area contributed by atoms with Crippen LogP contribution in [0, 0.1) is 11.8 Å². The molecule has 1 N–H and O–H groups in total. The van der Waals surface area contributed by atoms with E-state index in [0.717, 1.165) is 25.7 Å². The summed E-state index contributed by atoms with van der Waals surface area (Å²) in [5.74, 6) is -1.68. The van der Waals surface area contributed by atoms with E-state index >= 15 is 4.79 Å². The number of rotatable bonds is 11. The van der Waals surface area contributed by atoms with Crippen LogP contribution < -0.4 is 9.47 Å². The SMILES string of the molecule is CCCCOc1noc2c1C(=O)[C@@]1(O[Si](C)(C)C(C)(C)C)C(O)=C3C(=O)c4c(c(Br)nc(Cl)c4OCCCC)C[C@H]3C[C@H]1[C@@H]2N(C)C. The normalized spacial score (nSPS) is 24.2. The molecule has 2 aromatic heterocycles. The Morgan fingerprint density at radius 2 is 1.74 bits per heavy atom. The van der Waals surface area contributed by atoms with Crippen molar-refractivity contribution in [3.63, 3.8) is 0 Å². The lowest BCUT2D eigenvalue weighted by atomic mass is 9.58. The molecule has 0 spiro atoms. The Bertz CT molecular complexity index is 1600. The van der Waals surface area contributed by atoms with Gasteiger partial charge in [0.2, 0.25) is 5.78 Å². The predicted octanol–water partition coefficient (Wildman–Crippen LogP) is 8.29. The standard InChI is InChI=1S/C34H47BrClN3O7Si/c1-10-12-14-43-27-22-19(30(35)37-31(27)36)16-18-17-20-24(39(6)7)26-23(32(38-45-26)44-15-13-11-2)29(42)34(20,28(41)21(18)25(22)40)46-47(8,9)33(3,4)5/h18,20,24,41H,10-17H2,1-9H3/t18-,20-,24-,34-/m0/s1. The van der Waals surface area contributed by atoms with E-state index in [1.54, 1.807) is 0 Å². The number of aliphatic hydroxyl groups is 1. The van der Waals surface area contributed by atoms with Gasteiger partial charge in [-0.2, -0.15) is 0 Å². The van der Waals surface area contributed by atoms with Gasteiger partial charge in [-0.1, -0.05) is 59.1 Å². The number of ether oxygens (including phenoxy) is 2. The molecular formula is C34H47BrClN3O7Si. The highest BCUT2D eigenvalue weighted by Gasteiger charge is 2.67. The van der Waals surface area contributed by atoms with Gasteiger partial charge in [0.05, 0.1) is 24.8 Å². The van der Waals surface area contributed by atoms with Crippen molar-refractivity contribution in [2.45, 2.75) is 103 Å². The zero-order valence-corrected chi connectivity index (χ0v) is 32.2. The fourth-order valence-electron chi connectivity index (χ4n) is 6.87. The average molecular weight is 753 g/mol. The van der Waals surface area contributed by atoms with Crippen molar-refractivity contribution in [3.05, 3.63) is 43.5 Å². The van der Waals surface area contributed by atoms with Crippen molar-refractivity contribution in [2.24, 2.45) is 11.8 Å². The van der Waals surface area contributed by atoms with Crippen molar-refractivity contribution >= 4 is 47.4 Å². The Balaban J connectivity index is 1.78. The van der Waals surface area contributed by atoms with Gasteiger partial charge in [-0.3, -0.25) is 14.5 Å². The van der Waals surface area contributed by atoms with E-state index in [9.17, 15) is 9.90 Å². The zero-order chi connectivity index (χ0) is 34.6. The lowest BCUT2D eigenvalue weighted by Gasteiger charge is -2.55. The second-order valence-corrected chi connectivity index (χ2v) is 20.5. The number of halogens is 2. The molecule has 3 aliphatic rings. The van der Waals surface area contributed by atoms with Crippen molar-refractivity contribution < 1.29 is 33.1 Å². The van der Waals surface area contributed by atoms with Crippen LogP contribution in [0.25, 0.3) is 0 Å². The summed E-state index contributed by atoms with van der Waals surface area (Å²) in [6.45, 7) is 15.1. The Morgan fingerprint density at radius 3 is 2.34 bits per heavy atom. The molecule has 0 unspecified atom stereocenters. The number of allylic oxidation sites excluding steroid dienone is 1. The van der Waals surface area contributed by atoms with Gasteiger partial charge >= 0.3 is 0 Å². The van der Waals surface area contributed by atoms with Crippen LogP contribution in [-0.2, 0) is 10.8 Å². The molecule has 5 rings (SSSR count). The summed E-state index contributed by atoms with van der Waals surface area (Å²) < 4.78 is 25.6. The van der Waals surface area contributed by atoms with Gasteiger partial charge in [0, 0.05) is 17.1 Å². The lowest BCUT2D eigenvalue weighted by molar-refractivity contribution is -0.0480. The maximum absolute atomic E-state index is 15.2. The maximum Gasteiger partial charge on any atom is 0.265 e. The number of aliphatic hydroxyl groups excluding tert-OH is 1. The molecular weight excluding hydrogens is 706 g/mol. The first-order valence-electron chi connectivity index (χ1n) is 16.6. The van der Waals surface area contributed by atoms with Crippen LogP contribution in [0.4, 0.5) is 0 Å². The number of unbranched alkanes of at least 4 members (excludes halogenated alkanes) is 2. The van der Waals surface area contributed by atoms with Crippen LogP contribution in [0.15, 0.2) is 20.5 Å². The molecule has 4 atom stereocenters. The molecule has 0 aliphatic heterocycles. The van der Waals surface area contributed by atoms with Gasteiger partial charge in [0.25, 0.3) is 5.88 Å². The minimum absolute atomic E-state index is 0.0592. The van der Waals surface area contributed by atoms with E-state index < -0.39 is 43.4 Å². The predicted molar refractivity (Wildman–Crippen MR) is 185 cm³/mol. The Labute approximate surface area is 291 Å². The highest BCUT2D eigenvalue weighted by molar-refractivity contribution is 9.10. The fourth-order valence-corrected chi connectivity index (χ4v) is 9.19. The third-order valence-corrected chi connectivity index (χ3v) is 15.7. The lowest BCUT2D eigenvalue weighted by Crippen LogP contribution is -2.65. The number of hydrogen-bond acceptors (Lipinski definition) is 10. The summed E-state index contributed by atoms with van der Waals surface area (Å²) in [7, 11) is 1.00. The van der Waals surface area contributed by atoms with Crippen molar-refractivity contribution in [2.75, 3.05) is 27.3 Å². The maximum atomic E-state index is 15.2. The number of fused-ring (bicyclic) bond motifs is 4. The molecule has 47 heavy (non-hydrogen) atoms. The molecule has 3 aliphatic carbocycles. The number of ketones is 2. The quantitative estimate of drug-likeness (QED) is 0.136. The summed E-state index contributed by atoms with van der Waals surface area (Å²) in [4.78, 5) is 36.3. The number of hydrogen-bond donors (Lipinski definition) is 1. The van der Waals surface area contributed by atoms with E-state index in [0.29, 0.717) is 42.0 Å². The van der Waals surface area contributed by atoms with Gasteiger partial charge in [0.15, 0.2) is 36.4 Å². The first-order valence-corrected chi connectivity index (χ1v) is 20.6. The molecule has 2 aromatic rings. The summed E-state index contributed by atoms with van der Waals surface area (Å²) in [5.41, 5.74) is -0.645. The molecule has 0 amide bonds. The van der Waals surface area contributed by atoms with Crippen molar-refractivity contribution in [1.82, 2.24) is 15.0 Å². The van der Waals surface area contributed by atoms with Crippen LogP contribution in [-0.4, -0.2) is 72.9 Å². The van der Waals surface area contributed by atoms with Gasteiger partial charge in [-0.25, -0.2) is 4.98 Å². The molecule has 0 radical (unpaired) electrons. The van der Waals surface area contributed by atoms with Crippen molar-refractivity contribution in [1.29, 1.82) is 0 Å². The minimum Gasteiger partial charge on any atom is -0.508 e. The number of pyridine rings is 1. The topological polar surface area (TPSA) is 124 Å². The third-order valence-electron chi connectivity index (χ3n) is 10.3. The number of carbonyl (C=O) groups is 2. The summed E-state index contributed by atoms with van der Waals surface area (Å²) in [6, 6.07) is -0.511. The van der Waals surface area contributed by atoms with Crippen molar-refractivity contribution in [3.8, 4) is 11.6 Å². The monoisotopic (exact) mass is 751 g/mol. The van der Waals surface area contributed by atoms with Crippen LogP contribution in [0.1, 0.15) is 105 Å². The highest BCUT2D eigenvalue weighted by Crippen LogP contribution is 2.60. The molecule has 0 saturated heterocycles. The number of Topliss-reactive ketones (excluding diaryl/α,β-unsaturated/α-hetero) is 2. The Kier molecular flexibility index (Phi) is 10.1. The summed E-state index contributed by atoms with van der Waals surface area (Å²) in [6.07, 6.45) is 4.06. The van der Waals surface area contributed by atoms with Crippen LogP contribution in [0.5, 0.6) is 11.6 Å². The molecule has 258 valence electrons. The summed E-state index contributed by atoms with van der Waals surface area (Å²) >= 11 is 10.1. The van der Waals surface area contributed by atoms with E-state index in [4.69, 9.17) is 30.0 Å². The van der Waals surface area contributed by atoms with Gasteiger partial charge in [0.1, 0.15) is 15.9 Å². The van der Waals surface area contributed by atoms with Gasteiger partial charge in [-0.15, -0.1) is 0 Å². The first-order chi connectivity index (χ1) is 22.0. The van der Waals surface area contributed by atoms with E-state index in [-0.39, 0.29) is 44.3 Å². The molecule has 0 bridgehead atoms. The van der Waals surface area contributed by atoms with Gasteiger partial charge < -0.3 is 23.5 Å². The average Bonchev–Trinajstić information content (AvgIpc) is 3.39. The molecule has 0 fully saturated rings. The van der Waals surface area contributed by atoms with E-state index in [1.807, 2.05) is 45.9 Å². The Morgan fingerprint density at radius 1 is 1.11 bits per heavy atom. The van der Waals surface area contributed by atoms with E-state index in [1.165, 1.54) is 0 Å². The molecule has 10 nitrogen and oxygen atoms in total. The molecule has 2 heterocycles. The smallest absolute Gasteiger partial charge is 0.265 e. The number of aromatic nitrogens is 2. The third kappa shape index (κ3) is 5.89. The number of nitrogens with zero attached hydrogens (tertiary/aromatic N) is 3. The van der Waals surface area contributed by atoms with Crippen LogP contribution >= 0.6 is 27.5 Å². The number of carbonyl (C=O) groups excluding carboxylic acids is 2. The molecule has 0 aromatic carbocycles. The Hall–Kier alpha value is -2.25. The van der Waals surface area contributed by atoms with Gasteiger partial charge in [-0.05, 0) is 84.9 Å².